The Labute approximate surface area is 130 Å². The third-order valence-electron chi connectivity index (χ3n) is 4.62. The summed E-state index contributed by atoms with van der Waals surface area (Å²) >= 11 is 0. The molecule has 0 aromatic carbocycles. The molecule has 1 saturated heterocycles. The van der Waals surface area contributed by atoms with Crippen LogP contribution in [0.1, 0.15) is 66.7 Å². The van der Waals surface area contributed by atoms with Gasteiger partial charge in [0.25, 0.3) is 0 Å². The van der Waals surface area contributed by atoms with Crippen LogP contribution in [0, 0.1) is 0 Å². The second kappa shape index (κ2) is 8.14. The van der Waals surface area contributed by atoms with Gasteiger partial charge in [-0.3, -0.25) is 15.0 Å². The third kappa shape index (κ3) is 5.26. The molecule has 0 saturated carbocycles. The number of nitrogens with one attached hydrogen (secondary N) is 1. The van der Waals surface area contributed by atoms with Gasteiger partial charge in [-0.15, -0.1) is 0 Å². The molecule has 0 aromatic heterocycles. The smallest absolute Gasteiger partial charge is 0.325 e. The minimum absolute atomic E-state index is 0.162. The molecule has 0 bridgehead atoms. The minimum Gasteiger partial charge on any atom is -0.468 e. The lowest BCUT2D eigenvalue weighted by atomic mass is 9.91. The molecule has 0 amide bonds. The van der Waals surface area contributed by atoms with Crippen molar-refractivity contribution in [3.05, 3.63) is 0 Å². The van der Waals surface area contributed by atoms with Gasteiger partial charge >= 0.3 is 5.97 Å². The van der Waals surface area contributed by atoms with Crippen LogP contribution in [0.2, 0.25) is 0 Å². The molecule has 1 heterocycles. The predicted molar refractivity (Wildman–Crippen MR) is 87.4 cm³/mol. The van der Waals surface area contributed by atoms with Crippen molar-refractivity contribution in [2.75, 3.05) is 13.7 Å². The van der Waals surface area contributed by atoms with Crippen LogP contribution < -0.4 is 5.32 Å². The van der Waals surface area contributed by atoms with Gasteiger partial charge in [0.05, 0.1) is 7.11 Å². The lowest BCUT2D eigenvalue weighted by Crippen LogP contribution is -2.56. The minimum atomic E-state index is -0.617. The van der Waals surface area contributed by atoms with Crippen LogP contribution in [-0.4, -0.2) is 48.2 Å². The first-order valence-electron chi connectivity index (χ1n) is 8.42. The van der Waals surface area contributed by atoms with Gasteiger partial charge in [-0.25, -0.2) is 0 Å². The molecule has 4 nitrogen and oxygen atoms in total. The first-order valence-corrected chi connectivity index (χ1v) is 8.42. The monoisotopic (exact) mass is 298 g/mol. The van der Waals surface area contributed by atoms with Crippen molar-refractivity contribution in [2.45, 2.75) is 90.4 Å². The van der Waals surface area contributed by atoms with E-state index in [1.807, 2.05) is 6.92 Å². The van der Waals surface area contributed by atoms with E-state index in [2.05, 4.69) is 37.9 Å². The molecule has 1 aliphatic heterocycles. The fourth-order valence-electron chi connectivity index (χ4n) is 3.72. The average molecular weight is 298 g/mol. The molecule has 0 aliphatic carbocycles. The molecule has 4 heteroatoms. The molecule has 1 N–H and O–H groups in total. The van der Waals surface area contributed by atoms with Gasteiger partial charge in [-0.1, -0.05) is 12.8 Å². The molecular weight excluding hydrogens is 264 g/mol. The second-order valence-electron chi connectivity index (χ2n) is 7.11. The van der Waals surface area contributed by atoms with E-state index in [1.165, 1.54) is 32.8 Å². The summed E-state index contributed by atoms with van der Waals surface area (Å²) in [6.07, 6.45) is 5.95. The van der Waals surface area contributed by atoms with Crippen LogP contribution in [0.15, 0.2) is 0 Å². The van der Waals surface area contributed by atoms with Crippen molar-refractivity contribution in [3.63, 3.8) is 0 Å². The first-order chi connectivity index (χ1) is 9.80. The lowest BCUT2D eigenvalue weighted by molar-refractivity contribution is -0.149. The largest absolute Gasteiger partial charge is 0.468 e. The molecule has 1 fully saturated rings. The normalized spacial score (nSPS) is 25.2. The topological polar surface area (TPSA) is 41.6 Å². The zero-order chi connectivity index (χ0) is 16.0. The quantitative estimate of drug-likeness (QED) is 0.766. The number of hydrogen-bond acceptors (Lipinski definition) is 4. The summed E-state index contributed by atoms with van der Waals surface area (Å²) in [7, 11) is 1.47. The van der Waals surface area contributed by atoms with E-state index in [9.17, 15) is 4.79 Å². The highest BCUT2D eigenvalue weighted by atomic mass is 16.5. The summed E-state index contributed by atoms with van der Waals surface area (Å²) in [4.78, 5) is 14.8. The predicted octanol–water partition coefficient (Wildman–Crippen LogP) is 2.96. The average Bonchev–Trinajstić information content (AvgIpc) is 2.61. The summed E-state index contributed by atoms with van der Waals surface area (Å²) < 4.78 is 5.04. The van der Waals surface area contributed by atoms with E-state index >= 15 is 0 Å². The number of rotatable bonds is 6. The Balaban J connectivity index is 2.78. The molecule has 124 valence electrons. The number of carbonyl (C=O) groups excluding carboxylic acids is 1. The molecule has 21 heavy (non-hydrogen) atoms. The molecule has 0 radical (unpaired) electrons. The van der Waals surface area contributed by atoms with E-state index in [-0.39, 0.29) is 12.0 Å². The fourth-order valence-corrected chi connectivity index (χ4v) is 3.72. The van der Waals surface area contributed by atoms with Gasteiger partial charge in [0.2, 0.25) is 0 Å². The molecule has 3 atom stereocenters. The summed E-state index contributed by atoms with van der Waals surface area (Å²) in [5.41, 5.74) is -0.617. The summed E-state index contributed by atoms with van der Waals surface area (Å²) in [5, 5.41) is 3.41. The molecule has 0 spiro atoms. The number of likely N-dealkylation sites (tertiary alicyclic amines) is 1. The number of esters is 1. The maximum Gasteiger partial charge on any atom is 0.325 e. The maximum absolute atomic E-state index is 12.2. The number of hydrogen-bond donors (Lipinski definition) is 1. The SMILES string of the molecule is COC(=O)C(C)(CC(C)N1CCCCCC1C)NC(C)C. The maximum atomic E-state index is 12.2. The highest BCUT2D eigenvalue weighted by Gasteiger charge is 2.38. The van der Waals surface area contributed by atoms with Crippen molar-refractivity contribution in [1.29, 1.82) is 0 Å². The Kier molecular flexibility index (Phi) is 7.14. The van der Waals surface area contributed by atoms with Gasteiger partial charge in [0.1, 0.15) is 5.54 Å². The second-order valence-corrected chi connectivity index (χ2v) is 7.11. The van der Waals surface area contributed by atoms with E-state index < -0.39 is 5.54 Å². The zero-order valence-electron chi connectivity index (χ0n) is 14.7. The third-order valence-corrected chi connectivity index (χ3v) is 4.62. The van der Waals surface area contributed by atoms with Crippen molar-refractivity contribution >= 4 is 5.97 Å². The van der Waals surface area contributed by atoms with Crippen LogP contribution in [0.25, 0.3) is 0 Å². The van der Waals surface area contributed by atoms with Crippen LogP contribution >= 0.6 is 0 Å². The van der Waals surface area contributed by atoms with Gasteiger partial charge < -0.3 is 4.74 Å². The fraction of sp³-hybridized carbons (Fsp3) is 0.941. The van der Waals surface area contributed by atoms with Gasteiger partial charge in [-0.2, -0.15) is 0 Å². The number of methoxy groups -OCH3 is 1. The highest BCUT2D eigenvalue weighted by Crippen LogP contribution is 2.24. The van der Waals surface area contributed by atoms with Crippen molar-refractivity contribution in [1.82, 2.24) is 10.2 Å². The van der Waals surface area contributed by atoms with Crippen molar-refractivity contribution < 1.29 is 9.53 Å². The molecule has 1 rings (SSSR count). The van der Waals surface area contributed by atoms with Crippen molar-refractivity contribution in [2.24, 2.45) is 0 Å². The van der Waals surface area contributed by atoms with Crippen LogP contribution in [-0.2, 0) is 9.53 Å². The summed E-state index contributed by atoms with van der Waals surface area (Å²) in [5.74, 6) is -0.162. The Morgan fingerprint density at radius 2 is 2.00 bits per heavy atom. The van der Waals surface area contributed by atoms with Crippen LogP contribution in [0.5, 0.6) is 0 Å². The molecule has 1 aliphatic rings. The zero-order valence-corrected chi connectivity index (χ0v) is 14.7. The van der Waals surface area contributed by atoms with Gasteiger partial charge in [-0.05, 0) is 60.4 Å². The van der Waals surface area contributed by atoms with Crippen LogP contribution in [0.4, 0.5) is 0 Å². The van der Waals surface area contributed by atoms with Gasteiger partial charge in [0.15, 0.2) is 0 Å². The first kappa shape index (κ1) is 18.4. The van der Waals surface area contributed by atoms with E-state index in [4.69, 9.17) is 4.74 Å². The lowest BCUT2D eigenvalue weighted by Gasteiger charge is -2.39. The Morgan fingerprint density at radius 1 is 1.33 bits per heavy atom. The van der Waals surface area contributed by atoms with E-state index in [0.717, 1.165) is 13.0 Å². The standard InChI is InChI=1S/C17H34N2O2/c1-13(2)18-17(5,16(20)21-6)12-15(4)19-11-9-7-8-10-14(19)3/h13-15,18H,7-12H2,1-6H3. The Bertz CT molecular complexity index is 333. The summed E-state index contributed by atoms with van der Waals surface area (Å²) in [6, 6.07) is 1.22. The number of carbonyl (C=O) groups is 1. The Morgan fingerprint density at radius 3 is 2.57 bits per heavy atom. The Hall–Kier alpha value is -0.610. The highest BCUT2D eigenvalue weighted by molar-refractivity contribution is 5.80. The molecular formula is C17H34N2O2. The van der Waals surface area contributed by atoms with E-state index in [0.29, 0.717) is 12.1 Å². The number of nitrogens with zero attached hydrogens (tertiary/aromatic N) is 1. The molecule has 3 unspecified atom stereocenters. The van der Waals surface area contributed by atoms with E-state index in [1.54, 1.807) is 0 Å². The van der Waals surface area contributed by atoms with Gasteiger partial charge in [0, 0.05) is 18.1 Å². The summed E-state index contributed by atoms with van der Waals surface area (Å²) in [6.45, 7) is 11.8. The molecule has 0 aromatic rings. The van der Waals surface area contributed by atoms with Crippen LogP contribution in [0.3, 0.4) is 0 Å². The van der Waals surface area contributed by atoms with Crippen molar-refractivity contribution in [3.8, 4) is 0 Å². The number of ether oxygens (including phenoxy) is 1.